The molecule has 0 unspecified atom stereocenters. The number of halogens is 3. The largest absolute Gasteiger partial charge is 0.321 e. The van der Waals surface area contributed by atoms with Crippen LogP contribution in [0, 0.1) is 0 Å². The number of nitrogens with one attached hydrogen (secondary N) is 2. The lowest BCUT2D eigenvalue weighted by Crippen LogP contribution is -2.18. The number of hydrogen-bond donors (Lipinski definition) is 2. The quantitative estimate of drug-likeness (QED) is 0.342. The second kappa shape index (κ2) is 8.62. The Balaban J connectivity index is 1.57. The average molecular weight is 477 g/mol. The molecule has 150 valence electrons. The van der Waals surface area contributed by atoms with E-state index in [1.54, 1.807) is 48.5 Å². The minimum absolute atomic E-state index is 0.218. The van der Waals surface area contributed by atoms with E-state index in [2.05, 4.69) is 15.6 Å². The lowest BCUT2D eigenvalue weighted by Gasteiger charge is -2.11. The number of hydrogen-bond acceptors (Lipinski definition) is 4. The number of anilines is 2. The highest BCUT2D eigenvalue weighted by Gasteiger charge is 2.17. The molecule has 2 amide bonds. The molecule has 0 spiro atoms. The zero-order valence-corrected chi connectivity index (χ0v) is 18.2. The number of carbonyl (C=O) groups excluding carboxylic acids is 2. The maximum absolute atomic E-state index is 12.8. The van der Waals surface area contributed by atoms with E-state index in [0.717, 1.165) is 10.2 Å². The maximum Gasteiger partial charge on any atom is 0.259 e. The number of para-hydroxylation sites is 1. The van der Waals surface area contributed by atoms with Crippen molar-refractivity contribution >= 4 is 79.0 Å². The number of amides is 2. The van der Waals surface area contributed by atoms with Gasteiger partial charge in [0.05, 0.1) is 32.1 Å². The monoisotopic (exact) mass is 475 g/mol. The van der Waals surface area contributed by atoms with Gasteiger partial charge in [0, 0.05) is 10.0 Å². The summed E-state index contributed by atoms with van der Waals surface area (Å²) in [7, 11) is 0. The molecule has 0 saturated heterocycles. The Kier molecular flexibility index (Phi) is 5.92. The molecule has 0 atom stereocenters. The average Bonchev–Trinajstić information content (AvgIpc) is 3.09. The third-order valence-electron chi connectivity index (χ3n) is 4.17. The Bertz CT molecular complexity index is 1290. The molecule has 2 N–H and O–H groups in total. The Hall–Kier alpha value is -2.64. The van der Waals surface area contributed by atoms with Crippen LogP contribution in [0.3, 0.4) is 0 Å². The number of fused-ring (bicyclic) bond motifs is 1. The van der Waals surface area contributed by atoms with Gasteiger partial charge in [-0.15, -0.1) is 0 Å². The molecule has 0 aliphatic heterocycles. The highest BCUT2D eigenvalue weighted by Crippen LogP contribution is 2.29. The molecule has 0 fully saturated rings. The Morgan fingerprint density at radius 3 is 2.30 bits per heavy atom. The van der Waals surface area contributed by atoms with Gasteiger partial charge < -0.3 is 5.32 Å². The second-order valence-electron chi connectivity index (χ2n) is 6.21. The molecule has 30 heavy (non-hydrogen) atoms. The summed E-state index contributed by atoms with van der Waals surface area (Å²) in [5, 5.41) is 7.16. The molecular formula is C21H12Cl3N3O2S. The zero-order valence-electron chi connectivity index (χ0n) is 15.1. The molecule has 0 bridgehead atoms. The van der Waals surface area contributed by atoms with Crippen molar-refractivity contribution in [2.75, 3.05) is 10.6 Å². The molecule has 0 radical (unpaired) electrons. The van der Waals surface area contributed by atoms with Gasteiger partial charge in [0.15, 0.2) is 5.13 Å². The first-order chi connectivity index (χ1) is 14.4. The van der Waals surface area contributed by atoms with Gasteiger partial charge in [0.25, 0.3) is 11.8 Å². The number of rotatable bonds is 4. The van der Waals surface area contributed by atoms with Gasteiger partial charge in [-0.3, -0.25) is 14.9 Å². The lowest BCUT2D eigenvalue weighted by molar-refractivity contribution is 0.102. The van der Waals surface area contributed by atoms with Crippen LogP contribution >= 0.6 is 46.1 Å². The first kappa shape index (κ1) is 20.6. The van der Waals surface area contributed by atoms with E-state index in [4.69, 9.17) is 34.8 Å². The number of nitrogens with zero attached hydrogens (tertiary/aromatic N) is 1. The van der Waals surface area contributed by atoms with E-state index < -0.39 is 11.8 Å². The predicted octanol–water partition coefficient (Wildman–Crippen LogP) is 6.76. The van der Waals surface area contributed by atoms with Crippen molar-refractivity contribution in [1.82, 2.24) is 4.98 Å². The summed E-state index contributed by atoms with van der Waals surface area (Å²) in [5.74, 6) is -0.857. The molecule has 5 nitrogen and oxygen atoms in total. The van der Waals surface area contributed by atoms with Gasteiger partial charge in [-0.2, -0.15) is 0 Å². The molecular weight excluding hydrogens is 465 g/mol. The summed E-state index contributed by atoms with van der Waals surface area (Å²) in [5.41, 5.74) is 1.61. The smallest absolute Gasteiger partial charge is 0.259 e. The van der Waals surface area contributed by atoms with Crippen molar-refractivity contribution in [2.45, 2.75) is 0 Å². The molecule has 3 aromatic carbocycles. The molecule has 0 saturated carbocycles. The van der Waals surface area contributed by atoms with Crippen molar-refractivity contribution in [3.05, 3.63) is 86.9 Å². The Morgan fingerprint density at radius 1 is 0.800 bits per heavy atom. The van der Waals surface area contributed by atoms with Gasteiger partial charge in [0.2, 0.25) is 0 Å². The van der Waals surface area contributed by atoms with E-state index in [9.17, 15) is 9.59 Å². The van der Waals surface area contributed by atoms with Gasteiger partial charge in [-0.1, -0.05) is 58.3 Å². The fourth-order valence-electron chi connectivity index (χ4n) is 2.77. The molecule has 1 heterocycles. The van der Waals surface area contributed by atoms with Gasteiger partial charge >= 0.3 is 0 Å². The Labute approximate surface area is 190 Å². The van der Waals surface area contributed by atoms with Crippen molar-refractivity contribution in [3.63, 3.8) is 0 Å². The standard InChI is InChI=1S/C21H12Cl3N3O2S/c22-11-5-7-13(15(24)9-11)19(28)25-16-4-2-1-3-14(16)20(29)27-21-26-17-8-6-12(23)10-18(17)30-21/h1-10H,(H,25,28)(H,26,27,29). The highest BCUT2D eigenvalue weighted by molar-refractivity contribution is 7.22. The number of carbonyl (C=O) groups is 2. The highest BCUT2D eigenvalue weighted by atomic mass is 35.5. The van der Waals surface area contributed by atoms with Crippen molar-refractivity contribution < 1.29 is 9.59 Å². The van der Waals surface area contributed by atoms with Crippen LogP contribution in [-0.2, 0) is 0 Å². The number of aromatic nitrogens is 1. The number of benzene rings is 3. The predicted molar refractivity (Wildman–Crippen MR) is 123 cm³/mol. The minimum Gasteiger partial charge on any atom is -0.321 e. The van der Waals surface area contributed by atoms with Crippen LogP contribution in [0.2, 0.25) is 15.1 Å². The SMILES string of the molecule is O=C(Nc1ccccc1C(=O)Nc1nc2ccc(Cl)cc2s1)c1ccc(Cl)cc1Cl. The number of thiazole rings is 1. The molecule has 1 aromatic heterocycles. The van der Waals surface area contributed by atoms with Gasteiger partial charge in [-0.05, 0) is 48.5 Å². The summed E-state index contributed by atoms with van der Waals surface area (Å²) in [6, 6.07) is 16.6. The van der Waals surface area contributed by atoms with Crippen LogP contribution in [0.15, 0.2) is 60.7 Å². The molecule has 0 aliphatic carbocycles. The van der Waals surface area contributed by atoms with Crippen LogP contribution < -0.4 is 10.6 Å². The van der Waals surface area contributed by atoms with Crippen LogP contribution in [-0.4, -0.2) is 16.8 Å². The maximum atomic E-state index is 12.8. The molecule has 0 aliphatic rings. The van der Waals surface area contributed by atoms with E-state index >= 15 is 0 Å². The first-order valence-corrected chi connectivity index (χ1v) is 10.6. The van der Waals surface area contributed by atoms with Crippen molar-refractivity contribution in [1.29, 1.82) is 0 Å². The zero-order chi connectivity index (χ0) is 21.3. The summed E-state index contributed by atoms with van der Waals surface area (Å²) < 4.78 is 0.858. The van der Waals surface area contributed by atoms with Gasteiger partial charge in [0.1, 0.15) is 0 Å². The lowest BCUT2D eigenvalue weighted by atomic mass is 10.1. The van der Waals surface area contributed by atoms with Crippen LogP contribution in [0.5, 0.6) is 0 Å². The summed E-state index contributed by atoms with van der Waals surface area (Å²) in [6.45, 7) is 0. The summed E-state index contributed by atoms with van der Waals surface area (Å²) in [6.07, 6.45) is 0. The fraction of sp³-hybridized carbons (Fsp3) is 0. The fourth-order valence-corrected chi connectivity index (χ4v) is 4.40. The topological polar surface area (TPSA) is 71.1 Å². The van der Waals surface area contributed by atoms with Crippen LogP contribution in [0.1, 0.15) is 20.7 Å². The van der Waals surface area contributed by atoms with Crippen LogP contribution in [0.4, 0.5) is 10.8 Å². The van der Waals surface area contributed by atoms with E-state index in [1.807, 2.05) is 0 Å². The first-order valence-electron chi connectivity index (χ1n) is 8.63. The van der Waals surface area contributed by atoms with E-state index in [0.29, 0.717) is 20.9 Å². The summed E-state index contributed by atoms with van der Waals surface area (Å²) in [4.78, 5) is 29.9. The van der Waals surface area contributed by atoms with Crippen LogP contribution in [0.25, 0.3) is 10.2 Å². The van der Waals surface area contributed by atoms with Crippen molar-refractivity contribution in [3.8, 4) is 0 Å². The van der Waals surface area contributed by atoms with Crippen molar-refractivity contribution in [2.24, 2.45) is 0 Å². The minimum atomic E-state index is -0.452. The molecule has 4 rings (SSSR count). The second-order valence-corrected chi connectivity index (χ2v) is 8.52. The normalized spacial score (nSPS) is 10.8. The summed E-state index contributed by atoms with van der Waals surface area (Å²) >= 11 is 19.3. The third-order valence-corrected chi connectivity index (χ3v) is 5.88. The molecule has 9 heteroatoms. The van der Waals surface area contributed by atoms with E-state index in [-0.39, 0.29) is 16.1 Å². The van der Waals surface area contributed by atoms with E-state index in [1.165, 1.54) is 23.5 Å². The Morgan fingerprint density at radius 2 is 1.50 bits per heavy atom. The third kappa shape index (κ3) is 4.42. The molecule has 4 aromatic rings. The van der Waals surface area contributed by atoms with Gasteiger partial charge in [-0.25, -0.2) is 4.98 Å².